The number of aromatic nitrogens is 3. The minimum Gasteiger partial charge on any atom is -0.344 e. The molecular formula is C28H27FN4O3. The fraction of sp³-hybridized carbons (Fsp3) is 0.214. The molecule has 1 aromatic heterocycles. The smallest absolute Gasteiger partial charge is 0.344 e. The van der Waals surface area contributed by atoms with Crippen molar-refractivity contribution in [1.29, 1.82) is 0 Å². The van der Waals surface area contributed by atoms with Crippen LogP contribution in [0.25, 0.3) is 5.69 Å². The molecule has 3 aromatic carbocycles. The Morgan fingerprint density at radius 2 is 1.53 bits per heavy atom. The zero-order valence-electron chi connectivity index (χ0n) is 20.3. The number of benzene rings is 3. The van der Waals surface area contributed by atoms with Crippen molar-refractivity contribution in [3.05, 3.63) is 128 Å². The summed E-state index contributed by atoms with van der Waals surface area (Å²) >= 11 is 0. The highest BCUT2D eigenvalue weighted by atomic mass is 19.1. The number of nitrogens with one attached hydrogen (secondary N) is 1. The lowest BCUT2D eigenvalue weighted by atomic mass is 10.0. The van der Waals surface area contributed by atoms with Crippen LogP contribution in [0.4, 0.5) is 4.39 Å². The van der Waals surface area contributed by atoms with Crippen LogP contribution < -0.4 is 16.6 Å². The molecule has 8 heteroatoms. The average molecular weight is 487 g/mol. The molecule has 0 radical (unpaired) electrons. The van der Waals surface area contributed by atoms with Crippen LogP contribution in [0.2, 0.25) is 0 Å². The summed E-state index contributed by atoms with van der Waals surface area (Å²) in [5, 5.41) is 6.93. The zero-order valence-corrected chi connectivity index (χ0v) is 20.3. The first kappa shape index (κ1) is 24.8. The van der Waals surface area contributed by atoms with E-state index < -0.39 is 34.7 Å². The van der Waals surface area contributed by atoms with E-state index in [0.717, 1.165) is 20.4 Å². The molecule has 0 spiro atoms. The standard InChI is InChI=1S/C28H27FN4O3/c1-18(2)20-13-15-23(16-14-20)33-28(36)32(17-22-11-7-8-12-24(22)29)27(35)25(31-33)26(34)30-19(3)21-9-5-4-6-10-21/h4-16,18-19H,17H2,1-3H3,(H,30,34)/t19-/m0/s1. The molecule has 0 aliphatic rings. The van der Waals surface area contributed by atoms with Crippen LogP contribution in [0.5, 0.6) is 0 Å². The fourth-order valence-corrected chi connectivity index (χ4v) is 3.85. The van der Waals surface area contributed by atoms with Gasteiger partial charge in [0.15, 0.2) is 0 Å². The normalized spacial score (nSPS) is 11.9. The first-order valence-electron chi connectivity index (χ1n) is 11.7. The Bertz CT molecular complexity index is 1490. The Hall–Kier alpha value is -4.33. The minimum absolute atomic E-state index is 0.147. The van der Waals surface area contributed by atoms with Crippen molar-refractivity contribution < 1.29 is 9.18 Å². The van der Waals surface area contributed by atoms with Gasteiger partial charge in [-0.15, -0.1) is 0 Å². The Morgan fingerprint density at radius 1 is 0.889 bits per heavy atom. The number of hydrogen-bond donors (Lipinski definition) is 1. The Morgan fingerprint density at radius 3 is 2.17 bits per heavy atom. The number of nitrogens with zero attached hydrogens (tertiary/aromatic N) is 3. The molecule has 0 bridgehead atoms. The number of amides is 1. The second kappa shape index (κ2) is 10.5. The van der Waals surface area contributed by atoms with Gasteiger partial charge < -0.3 is 5.32 Å². The number of rotatable bonds is 7. The molecule has 0 saturated heterocycles. The third-order valence-corrected chi connectivity index (χ3v) is 6.01. The van der Waals surface area contributed by atoms with Crippen LogP contribution in [-0.4, -0.2) is 20.3 Å². The van der Waals surface area contributed by atoms with Crippen molar-refractivity contribution >= 4 is 5.91 Å². The summed E-state index contributed by atoms with van der Waals surface area (Å²) in [6, 6.07) is 21.8. The first-order chi connectivity index (χ1) is 17.3. The number of hydrogen-bond acceptors (Lipinski definition) is 4. The highest BCUT2D eigenvalue weighted by molar-refractivity contribution is 5.92. The third-order valence-electron chi connectivity index (χ3n) is 6.01. The second-order valence-electron chi connectivity index (χ2n) is 8.88. The molecule has 1 atom stereocenters. The van der Waals surface area contributed by atoms with Crippen molar-refractivity contribution in [3.8, 4) is 5.69 Å². The van der Waals surface area contributed by atoms with E-state index >= 15 is 0 Å². The van der Waals surface area contributed by atoms with Gasteiger partial charge in [0.2, 0.25) is 5.69 Å². The van der Waals surface area contributed by atoms with Gasteiger partial charge in [-0.2, -0.15) is 9.78 Å². The van der Waals surface area contributed by atoms with Crippen molar-refractivity contribution in [2.24, 2.45) is 0 Å². The molecule has 0 aliphatic heterocycles. The minimum atomic E-state index is -0.893. The van der Waals surface area contributed by atoms with Gasteiger partial charge in [0, 0.05) is 5.56 Å². The van der Waals surface area contributed by atoms with Crippen molar-refractivity contribution in [3.63, 3.8) is 0 Å². The monoisotopic (exact) mass is 486 g/mol. The lowest BCUT2D eigenvalue weighted by Crippen LogP contribution is -2.46. The van der Waals surface area contributed by atoms with Gasteiger partial charge in [-0.1, -0.05) is 74.5 Å². The molecule has 7 nitrogen and oxygen atoms in total. The third kappa shape index (κ3) is 5.17. The maximum Gasteiger partial charge on any atom is 0.352 e. The van der Waals surface area contributed by atoms with Crippen LogP contribution in [-0.2, 0) is 6.54 Å². The topological polar surface area (TPSA) is 86.0 Å². The quantitative estimate of drug-likeness (QED) is 0.424. The maximum absolute atomic E-state index is 14.4. The summed E-state index contributed by atoms with van der Waals surface area (Å²) in [4.78, 5) is 39.8. The van der Waals surface area contributed by atoms with E-state index in [0.29, 0.717) is 5.69 Å². The molecule has 1 N–H and O–H groups in total. The number of halogens is 1. The van der Waals surface area contributed by atoms with E-state index in [9.17, 15) is 18.8 Å². The summed E-state index contributed by atoms with van der Waals surface area (Å²) in [6.45, 7) is 5.53. The summed E-state index contributed by atoms with van der Waals surface area (Å²) in [5.41, 5.74) is 0.313. The van der Waals surface area contributed by atoms with Crippen molar-refractivity contribution in [2.75, 3.05) is 0 Å². The van der Waals surface area contributed by atoms with E-state index in [1.807, 2.05) is 56.3 Å². The molecule has 0 fully saturated rings. The fourth-order valence-electron chi connectivity index (χ4n) is 3.85. The Kier molecular flexibility index (Phi) is 7.24. The summed E-state index contributed by atoms with van der Waals surface area (Å²) in [5.74, 6) is -1.01. The van der Waals surface area contributed by atoms with Gasteiger partial charge in [-0.05, 0) is 42.2 Å². The molecule has 36 heavy (non-hydrogen) atoms. The zero-order chi connectivity index (χ0) is 25.8. The van der Waals surface area contributed by atoms with Gasteiger partial charge in [-0.3, -0.25) is 14.2 Å². The summed E-state index contributed by atoms with van der Waals surface area (Å²) < 4.78 is 16.2. The number of carbonyl (C=O) groups excluding carboxylic acids is 1. The molecule has 4 rings (SSSR count). The lowest BCUT2D eigenvalue weighted by molar-refractivity contribution is 0.0930. The summed E-state index contributed by atoms with van der Waals surface area (Å²) in [7, 11) is 0. The maximum atomic E-state index is 14.4. The highest BCUT2D eigenvalue weighted by Gasteiger charge is 2.22. The van der Waals surface area contributed by atoms with Crippen molar-refractivity contribution in [2.45, 2.75) is 39.3 Å². The molecule has 4 aromatic rings. The van der Waals surface area contributed by atoms with Gasteiger partial charge in [0.1, 0.15) is 5.82 Å². The Labute approximate surface area is 207 Å². The van der Waals surface area contributed by atoms with Crippen LogP contribution >= 0.6 is 0 Å². The molecule has 184 valence electrons. The van der Waals surface area contributed by atoms with Crippen LogP contribution in [0.15, 0.2) is 88.5 Å². The molecule has 1 amide bonds. The van der Waals surface area contributed by atoms with E-state index in [1.54, 1.807) is 25.1 Å². The molecule has 0 aliphatic carbocycles. The molecule has 0 saturated carbocycles. The van der Waals surface area contributed by atoms with Crippen LogP contribution in [0, 0.1) is 5.82 Å². The first-order valence-corrected chi connectivity index (χ1v) is 11.7. The summed E-state index contributed by atoms with van der Waals surface area (Å²) in [6.07, 6.45) is 0. The van der Waals surface area contributed by atoms with Crippen molar-refractivity contribution in [1.82, 2.24) is 19.7 Å². The highest BCUT2D eigenvalue weighted by Crippen LogP contribution is 2.16. The molecule has 0 unspecified atom stereocenters. The predicted molar refractivity (Wildman–Crippen MR) is 136 cm³/mol. The molecular weight excluding hydrogens is 459 g/mol. The second-order valence-corrected chi connectivity index (χ2v) is 8.88. The van der Waals surface area contributed by atoms with E-state index in [4.69, 9.17) is 0 Å². The SMILES string of the molecule is CC(C)c1ccc(-n2nc(C(=O)N[C@@H](C)c3ccccc3)c(=O)n(Cc3ccccc3F)c2=O)cc1. The van der Waals surface area contributed by atoms with Gasteiger partial charge in [0.05, 0.1) is 18.3 Å². The van der Waals surface area contributed by atoms with Crippen LogP contribution in [0.3, 0.4) is 0 Å². The van der Waals surface area contributed by atoms with Gasteiger partial charge in [-0.25, -0.2) is 9.18 Å². The predicted octanol–water partition coefficient (Wildman–Crippen LogP) is 4.20. The van der Waals surface area contributed by atoms with Crippen LogP contribution in [0.1, 0.15) is 59.9 Å². The average Bonchev–Trinajstić information content (AvgIpc) is 2.88. The van der Waals surface area contributed by atoms with E-state index in [-0.39, 0.29) is 18.0 Å². The van der Waals surface area contributed by atoms with E-state index in [2.05, 4.69) is 10.4 Å². The Balaban J connectivity index is 1.82. The largest absolute Gasteiger partial charge is 0.352 e. The lowest BCUT2D eigenvalue weighted by Gasteiger charge is -2.16. The van der Waals surface area contributed by atoms with E-state index in [1.165, 1.54) is 18.2 Å². The molecule has 1 heterocycles. The number of carbonyl (C=O) groups is 1. The van der Waals surface area contributed by atoms with Gasteiger partial charge in [0.25, 0.3) is 11.5 Å². The van der Waals surface area contributed by atoms with Gasteiger partial charge >= 0.3 is 5.69 Å².